The number of aromatic hydroxyl groups is 1. The Morgan fingerprint density at radius 3 is 2.85 bits per heavy atom. The monoisotopic (exact) mass is 281 g/mol. The van der Waals surface area contributed by atoms with Gasteiger partial charge in [-0.25, -0.2) is 0 Å². The Morgan fingerprint density at radius 2 is 2.20 bits per heavy atom. The summed E-state index contributed by atoms with van der Waals surface area (Å²) in [6, 6.07) is 4.45. The number of unbranched alkanes of at least 4 members (excludes halogenated alkanes) is 1. The van der Waals surface area contributed by atoms with Crippen LogP contribution in [0.1, 0.15) is 29.6 Å². The Morgan fingerprint density at radius 1 is 1.45 bits per heavy atom. The fourth-order valence-electron chi connectivity index (χ4n) is 1.60. The van der Waals surface area contributed by atoms with E-state index in [0.717, 1.165) is 0 Å². The molecular formula is C13H19N3O4. The maximum atomic E-state index is 11.9. The number of amidine groups is 1. The van der Waals surface area contributed by atoms with Crippen LogP contribution in [0.15, 0.2) is 23.4 Å². The lowest BCUT2D eigenvalue weighted by atomic mass is 10.1. The average Bonchev–Trinajstić information content (AvgIpc) is 2.46. The molecule has 0 spiro atoms. The van der Waals surface area contributed by atoms with Gasteiger partial charge in [0.1, 0.15) is 17.3 Å². The van der Waals surface area contributed by atoms with Gasteiger partial charge in [0.25, 0.3) is 5.91 Å². The van der Waals surface area contributed by atoms with Crippen molar-refractivity contribution < 1.29 is 19.8 Å². The minimum atomic E-state index is -0.370. The Hall–Kier alpha value is -2.44. The lowest BCUT2D eigenvalue weighted by molar-refractivity contribution is 0.0950. The van der Waals surface area contributed by atoms with E-state index >= 15 is 0 Å². The molecule has 0 aliphatic heterocycles. The summed E-state index contributed by atoms with van der Waals surface area (Å²) in [5, 5.41) is 23.5. The lowest BCUT2D eigenvalue weighted by Gasteiger charge is -2.08. The molecule has 110 valence electrons. The number of ether oxygens (including phenoxy) is 1. The highest BCUT2D eigenvalue weighted by Crippen LogP contribution is 2.22. The number of rotatable bonds is 7. The molecule has 0 unspecified atom stereocenters. The summed E-state index contributed by atoms with van der Waals surface area (Å²) in [5.74, 6) is 0.201. The highest BCUT2D eigenvalue weighted by atomic mass is 16.5. The number of nitrogens with two attached hydrogens (primary N) is 1. The molecule has 7 heteroatoms. The van der Waals surface area contributed by atoms with E-state index in [-0.39, 0.29) is 23.1 Å². The zero-order valence-electron chi connectivity index (χ0n) is 11.3. The van der Waals surface area contributed by atoms with Crippen LogP contribution in [0.5, 0.6) is 11.5 Å². The zero-order valence-corrected chi connectivity index (χ0v) is 11.3. The number of oxime groups is 1. The molecule has 1 aromatic rings. The molecule has 1 rings (SSSR count). The summed E-state index contributed by atoms with van der Waals surface area (Å²) in [7, 11) is 1.49. The number of methoxy groups -OCH3 is 1. The maximum absolute atomic E-state index is 11.9. The fraction of sp³-hybridized carbons (Fsp3) is 0.385. The van der Waals surface area contributed by atoms with Crippen LogP contribution in [-0.4, -0.2) is 35.7 Å². The number of amides is 1. The van der Waals surface area contributed by atoms with Crippen LogP contribution in [0.4, 0.5) is 0 Å². The molecule has 0 saturated heterocycles. The summed E-state index contributed by atoms with van der Waals surface area (Å²) in [4.78, 5) is 11.9. The van der Waals surface area contributed by atoms with Crippen molar-refractivity contribution in [2.45, 2.75) is 19.3 Å². The van der Waals surface area contributed by atoms with Gasteiger partial charge in [-0.05, 0) is 31.0 Å². The van der Waals surface area contributed by atoms with Crippen LogP contribution in [0, 0.1) is 0 Å². The molecule has 1 aromatic carbocycles. The standard InChI is InChI=1S/C13H19N3O4/c1-20-9-5-6-11(17)10(8-9)13(18)15-7-3-2-4-12(14)16-19/h5-6,8,17,19H,2-4,7H2,1H3,(H2,14,16)(H,15,18). The number of carbonyl (C=O) groups is 1. The van der Waals surface area contributed by atoms with Gasteiger partial charge in [0.2, 0.25) is 0 Å². The second kappa shape index (κ2) is 7.88. The first kappa shape index (κ1) is 15.6. The normalized spacial score (nSPS) is 11.2. The SMILES string of the molecule is COc1ccc(O)c(C(=O)NCCCCC(N)=NO)c1. The van der Waals surface area contributed by atoms with E-state index in [4.69, 9.17) is 15.7 Å². The molecular weight excluding hydrogens is 262 g/mol. The Kier molecular flexibility index (Phi) is 6.15. The molecule has 7 nitrogen and oxygen atoms in total. The van der Waals surface area contributed by atoms with Crippen molar-refractivity contribution >= 4 is 11.7 Å². The predicted octanol–water partition coefficient (Wildman–Crippen LogP) is 1.05. The van der Waals surface area contributed by atoms with Crippen molar-refractivity contribution in [3.05, 3.63) is 23.8 Å². The van der Waals surface area contributed by atoms with Crippen LogP contribution < -0.4 is 15.8 Å². The first-order chi connectivity index (χ1) is 9.58. The van der Waals surface area contributed by atoms with E-state index < -0.39 is 0 Å². The van der Waals surface area contributed by atoms with Gasteiger partial charge in [0.05, 0.1) is 12.7 Å². The predicted molar refractivity (Wildman–Crippen MR) is 74.3 cm³/mol. The fourth-order valence-corrected chi connectivity index (χ4v) is 1.60. The Balaban J connectivity index is 2.43. The van der Waals surface area contributed by atoms with Crippen LogP contribution in [0.25, 0.3) is 0 Å². The number of benzene rings is 1. The van der Waals surface area contributed by atoms with Gasteiger partial charge in [-0.2, -0.15) is 0 Å². The van der Waals surface area contributed by atoms with Crippen molar-refractivity contribution in [1.82, 2.24) is 5.32 Å². The highest BCUT2D eigenvalue weighted by molar-refractivity contribution is 5.97. The topological polar surface area (TPSA) is 117 Å². The number of nitrogens with one attached hydrogen (secondary N) is 1. The Labute approximate surface area is 117 Å². The minimum absolute atomic E-state index is 0.0973. The van der Waals surface area contributed by atoms with Crippen molar-refractivity contribution in [3.8, 4) is 11.5 Å². The molecule has 0 aromatic heterocycles. The van der Waals surface area contributed by atoms with E-state index in [1.54, 1.807) is 6.07 Å². The molecule has 0 heterocycles. The van der Waals surface area contributed by atoms with Crippen molar-refractivity contribution in [3.63, 3.8) is 0 Å². The summed E-state index contributed by atoms with van der Waals surface area (Å²) < 4.78 is 5.00. The van der Waals surface area contributed by atoms with E-state index in [2.05, 4.69) is 10.5 Å². The number of hydrogen-bond acceptors (Lipinski definition) is 5. The molecule has 0 aliphatic rings. The molecule has 20 heavy (non-hydrogen) atoms. The Bertz CT molecular complexity index is 489. The third-order valence-electron chi connectivity index (χ3n) is 2.72. The van der Waals surface area contributed by atoms with Gasteiger partial charge in [-0.3, -0.25) is 4.79 Å². The third-order valence-corrected chi connectivity index (χ3v) is 2.72. The van der Waals surface area contributed by atoms with Gasteiger partial charge in [-0.15, -0.1) is 0 Å². The van der Waals surface area contributed by atoms with E-state index in [9.17, 15) is 9.90 Å². The molecule has 1 amide bonds. The summed E-state index contributed by atoms with van der Waals surface area (Å²) in [5.41, 5.74) is 5.49. The van der Waals surface area contributed by atoms with Crippen LogP contribution >= 0.6 is 0 Å². The summed E-state index contributed by atoms with van der Waals surface area (Å²) in [6.45, 7) is 0.439. The van der Waals surface area contributed by atoms with Crippen molar-refractivity contribution in [2.24, 2.45) is 10.9 Å². The van der Waals surface area contributed by atoms with E-state index in [1.165, 1.54) is 19.2 Å². The number of phenolic OH excluding ortho intramolecular Hbond substituents is 1. The summed E-state index contributed by atoms with van der Waals surface area (Å²) >= 11 is 0. The first-order valence-corrected chi connectivity index (χ1v) is 6.20. The van der Waals surface area contributed by atoms with Gasteiger partial charge in [-0.1, -0.05) is 5.16 Å². The van der Waals surface area contributed by atoms with Crippen LogP contribution in [0.3, 0.4) is 0 Å². The van der Waals surface area contributed by atoms with Gasteiger partial charge >= 0.3 is 0 Å². The van der Waals surface area contributed by atoms with Crippen LogP contribution in [0.2, 0.25) is 0 Å². The number of hydrogen-bond donors (Lipinski definition) is 4. The average molecular weight is 281 g/mol. The highest BCUT2D eigenvalue weighted by Gasteiger charge is 2.11. The van der Waals surface area contributed by atoms with E-state index in [0.29, 0.717) is 31.6 Å². The molecule has 0 aliphatic carbocycles. The number of nitrogens with zero attached hydrogens (tertiary/aromatic N) is 1. The molecule has 0 radical (unpaired) electrons. The van der Waals surface area contributed by atoms with Crippen molar-refractivity contribution in [2.75, 3.05) is 13.7 Å². The van der Waals surface area contributed by atoms with Gasteiger partial charge in [0.15, 0.2) is 0 Å². The van der Waals surface area contributed by atoms with Crippen LogP contribution in [-0.2, 0) is 0 Å². The minimum Gasteiger partial charge on any atom is -0.507 e. The van der Waals surface area contributed by atoms with E-state index in [1.807, 2.05) is 0 Å². The van der Waals surface area contributed by atoms with Gasteiger partial charge in [0, 0.05) is 13.0 Å². The number of phenols is 1. The second-order valence-corrected chi connectivity index (χ2v) is 4.19. The molecule has 0 saturated carbocycles. The van der Waals surface area contributed by atoms with Crippen molar-refractivity contribution in [1.29, 1.82) is 0 Å². The molecule has 0 bridgehead atoms. The largest absolute Gasteiger partial charge is 0.507 e. The summed E-state index contributed by atoms with van der Waals surface area (Å²) in [6.07, 6.45) is 1.85. The first-order valence-electron chi connectivity index (χ1n) is 6.20. The molecule has 5 N–H and O–H groups in total. The molecule has 0 fully saturated rings. The number of carbonyl (C=O) groups excluding carboxylic acids is 1. The lowest BCUT2D eigenvalue weighted by Crippen LogP contribution is -2.24. The third kappa shape index (κ3) is 4.68. The molecule has 0 atom stereocenters. The smallest absolute Gasteiger partial charge is 0.255 e. The quantitative estimate of drug-likeness (QED) is 0.196. The second-order valence-electron chi connectivity index (χ2n) is 4.19. The maximum Gasteiger partial charge on any atom is 0.255 e. The zero-order chi connectivity index (χ0) is 15.0. The van der Waals surface area contributed by atoms with Gasteiger partial charge < -0.3 is 26.1 Å².